The molecule has 1 aromatic rings. The Labute approximate surface area is 97.1 Å². The summed E-state index contributed by atoms with van der Waals surface area (Å²) in [6.07, 6.45) is 6.91. The molecule has 0 aromatic carbocycles. The van der Waals surface area contributed by atoms with Crippen LogP contribution in [-0.4, -0.2) is 22.7 Å². The molecule has 1 atom stereocenters. The molecule has 0 bridgehead atoms. The molecular formula is C13H20N2O. The van der Waals surface area contributed by atoms with E-state index in [1.165, 1.54) is 25.7 Å². The molecule has 3 heteroatoms. The van der Waals surface area contributed by atoms with Crippen LogP contribution in [0.1, 0.15) is 38.2 Å². The first-order valence-corrected chi connectivity index (χ1v) is 6.13. The Morgan fingerprint density at radius 3 is 3.12 bits per heavy atom. The van der Waals surface area contributed by atoms with Gasteiger partial charge >= 0.3 is 0 Å². The van der Waals surface area contributed by atoms with Gasteiger partial charge in [-0.1, -0.05) is 12.8 Å². The highest BCUT2D eigenvalue weighted by Gasteiger charge is 2.18. The van der Waals surface area contributed by atoms with Crippen LogP contribution >= 0.6 is 0 Å². The highest BCUT2D eigenvalue weighted by molar-refractivity contribution is 5.42. The highest BCUT2D eigenvalue weighted by Crippen LogP contribution is 2.22. The molecule has 0 saturated carbocycles. The van der Waals surface area contributed by atoms with Gasteiger partial charge in [0.2, 0.25) is 0 Å². The van der Waals surface area contributed by atoms with E-state index in [1.54, 1.807) is 6.20 Å². The number of hydrogen-bond acceptors (Lipinski definition) is 3. The minimum Gasteiger partial charge on any atom is -0.392 e. The summed E-state index contributed by atoms with van der Waals surface area (Å²) in [4.78, 5) is 6.79. The van der Waals surface area contributed by atoms with E-state index >= 15 is 0 Å². The third-order valence-corrected chi connectivity index (χ3v) is 3.34. The Balaban J connectivity index is 2.19. The summed E-state index contributed by atoms with van der Waals surface area (Å²) in [5.41, 5.74) is 0.946. The van der Waals surface area contributed by atoms with Crippen LogP contribution in [0.5, 0.6) is 0 Å². The van der Waals surface area contributed by atoms with Gasteiger partial charge in [0.25, 0.3) is 0 Å². The molecule has 1 fully saturated rings. The van der Waals surface area contributed by atoms with Gasteiger partial charge in [0.1, 0.15) is 5.82 Å². The predicted molar refractivity (Wildman–Crippen MR) is 65.4 cm³/mol. The fourth-order valence-electron chi connectivity index (χ4n) is 2.33. The molecule has 1 N–H and O–H groups in total. The number of aliphatic hydroxyl groups excluding tert-OH is 1. The molecule has 0 radical (unpaired) electrons. The van der Waals surface area contributed by atoms with E-state index in [1.807, 2.05) is 12.1 Å². The Morgan fingerprint density at radius 1 is 1.44 bits per heavy atom. The van der Waals surface area contributed by atoms with Crippen molar-refractivity contribution in [3.05, 3.63) is 23.9 Å². The van der Waals surface area contributed by atoms with Crippen molar-refractivity contribution in [2.24, 2.45) is 0 Å². The quantitative estimate of drug-likeness (QED) is 0.831. The van der Waals surface area contributed by atoms with Crippen molar-refractivity contribution in [2.75, 3.05) is 11.4 Å². The first-order valence-electron chi connectivity index (χ1n) is 6.13. The molecule has 0 aliphatic carbocycles. The molecular weight excluding hydrogens is 200 g/mol. The average Bonchev–Trinajstić information content (AvgIpc) is 2.54. The lowest BCUT2D eigenvalue weighted by Gasteiger charge is -2.28. The maximum Gasteiger partial charge on any atom is 0.129 e. The highest BCUT2D eigenvalue weighted by atomic mass is 16.3. The van der Waals surface area contributed by atoms with Gasteiger partial charge in [-0.25, -0.2) is 4.98 Å². The number of anilines is 1. The van der Waals surface area contributed by atoms with Crippen molar-refractivity contribution >= 4 is 5.82 Å². The molecule has 0 amide bonds. The summed E-state index contributed by atoms with van der Waals surface area (Å²) in [6, 6.07) is 4.43. The number of aliphatic hydroxyl groups is 1. The standard InChI is InChI=1S/C13H20N2O/c1-11-5-3-2-4-8-15(11)13-9-12(10-16)6-7-14-13/h6-7,9,11,16H,2-5,8,10H2,1H3. The molecule has 1 aromatic heterocycles. The molecule has 1 saturated heterocycles. The molecule has 16 heavy (non-hydrogen) atoms. The maximum absolute atomic E-state index is 9.14. The second-order valence-corrected chi connectivity index (χ2v) is 4.57. The minimum absolute atomic E-state index is 0.0950. The summed E-state index contributed by atoms with van der Waals surface area (Å²) in [5, 5.41) is 9.14. The summed E-state index contributed by atoms with van der Waals surface area (Å²) >= 11 is 0. The van der Waals surface area contributed by atoms with E-state index in [4.69, 9.17) is 5.11 Å². The Hall–Kier alpha value is -1.09. The van der Waals surface area contributed by atoms with Crippen LogP contribution in [0.15, 0.2) is 18.3 Å². The predicted octanol–water partition coefficient (Wildman–Crippen LogP) is 2.34. The zero-order valence-corrected chi connectivity index (χ0v) is 9.89. The Bertz CT molecular complexity index is 340. The molecule has 0 spiro atoms. The molecule has 2 heterocycles. The van der Waals surface area contributed by atoms with Gasteiger partial charge < -0.3 is 10.0 Å². The number of pyridine rings is 1. The van der Waals surface area contributed by atoms with E-state index in [0.29, 0.717) is 6.04 Å². The molecule has 2 rings (SSSR count). The zero-order valence-electron chi connectivity index (χ0n) is 9.89. The van der Waals surface area contributed by atoms with Gasteiger partial charge in [0, 0.05) is 18.8 Å². The number of nitrogens with zero attached hydrogens (tertiary/aromatic N) is 2. The van der Waals surface area contributed by atoms with Gasteiger partial charge in [-0.2, -0.15) is 0 Å². The van der Waals surface area contributed by atoms with Crippen LogP contribution < -0.4 is 4.90 Å². The van der Waals surface area contributed by atoms with Crippen LogP contribution in [0.2, 0.25) is 0 Å². The van der Waals surface area contributed by atoms with Gasteiger partial charge in [-0.15, -0.1) is 0 Å². The van der Waals surface area contributed by atoms with Crippen molar-refractivity contribution in [3.63, 3.8) is 0 Å². The molecule has 1 aliphatic heterocycles. The summed E-state index contributed by atoms with van der Waals surface area (Å²) in [7, 11) is 0. The lowest BCUT2D eigenvalue weighted by Crippen LogP contribution is -2.33. The summed E-state index contributed by atoms with van der Waals surface area (Å²) in [6.45, 7) is 3.44. The van der Waals surface area contributed by atoms with Crippen LogP contribution in [-0.2, 0) is 6.61 Å². The second-order valence-electron chi connectivity index (χ2n) is 4.57. The lowest BCUT2D eigenvalue weighted by molar-refractivity contribution is 0.281. The second kappa shape index (κ2) is 5.30. The van der Waals surface area contributed by atoms with Crippen molar-refractivity contribution < 1.29 is 5.11 Å². The maximum atomic E-state index is 9.14. The monoisotopic (exact) mass is 220 g/mol. The van der Waals surface area contributed by atoms with E-state index < -0.39 is 0 Å². The summed E-state index contributed by atoms with van der Waals surface area (Å²) < 4.78 is 0. The third-order valence-electron chi connectivity index (χ3n) is 3.34. The normalized spacial score (nSPS) is 21.9. The molecule has 1 unspecified atom stereocenters. The van der Waals surface area contributed by atoms with E-state index in [9.17, 15) is 0 Å². The molecule has 1 aliphatic rings. The van der Waals surface area contributed by atoms with Crippen LogP contribution in [0, 0.1) is 0 Å². The minimum atomic E-state index is 0.0950. The fourth-order valence-corrected chi connectivity index (χ4v) is 2.33. The topological polar surface area (TPSA) is 36.4 Å². The third kappa shape index (κ3) is 2.53. The number of aromatic nitrogens is 1. The molecule has 88 valence electrons. The fraction of sp³-hybridized carbons (Fsp3) is 0.615. The van der Waals surface area contributed by atoms with E-state index in [-0.39, 0.29) is 6.61 Å². The summed E-state index contributed by atoms with van der Waals surface area (Å²) in [5.74, 6) is 1.01. The smallest absolute Gasteiger partial charge is 0.129 e. The Morgan fingerprint density at radius 2 is 2.31 bits per heavy atom. The largest absolute Gasteiger partial charge is 0.392 e. The van der Waals surface area contributed by atoms with Crippen molar-refractivity contribution in [2.45, 2.75) is 45.3 Å². The van der Waals surface area contributed by atoms with Crippen LogP contribution in [0.3, 0.4) is 0 Å². The van der Waals surface area contributed by atoms with Gasteiger partial charge in [-0.3, -0.25) is 0 Å². The van der Waals surface area contributed by atoms with Crippen LogP contribution in [0.25, 0.3) is 0 Å². The number of hydrogen-bond donors (Lipinski definition) is 1. The van der Waals surface area contributed by atoms with E-state index in [0.717, 1.165) is 17.9 Å². The van der Waals surface area contributed by atoms with Gasteiger partial charge in [-0.05, 0) is 37.5 Å². The molecule has 3 nitrogen and oxygen atoms in total. The van der Waals surface area contributed by atoms with Gasteiger partial charge in [0.05, 0.1) is 6.61 Å². The van der Waals surface area contributed by atoms with Crippen molar-refractivity contribution in [1.29, 1.82) is 0 Å². The van der Waals surface area contributed by atoms with Gasteiger partial charge in [0.15, 0.2) is 0 Å². The first kappa shape index (κ1) is 11.4. The van der Waals surface area contributed by atoms with E-state index in [2.05, 4.69) is 16.8 Å². The average molecular weight is 220 g/mol. The SMILES string of the molecule is CC1CCCCCN1c1cc(CO)ccn1. The first-order chi connectivity index (χ1) is 7.81. The van der Waals surface area contributed by atoms with Crippen molar-refractivity contribution in [3.8, 4) is 0 Å². The van der Waals surface area contributed by atoms with Crippen LogP contribution in [0.4, 0.5) is 5.82 Å². The number of rotatable bonds is 2. The zero-order chi connectivity index (χ0) is 11.4. The Kier molecular flexibility index (Phi) is 3.78. The lowest BCUT2D eigenvalue weighted by atomic mass is 10.1. The van der Waals surface area contributed by atoms with Crippen molar-refractivity contribution in [1.82, 2.24) is 4.98 Å².